The third-order valence-corrected chi connectivity index (χ3v) is 4.15. The van der Waals surface area contributed by atoms with E-state index in [1.54, 1.807) is 18.2 Å². The van der Waals surface area contributed by atoms with E-state index in [4.69, 9.17) is 4.74 Å². The summed E-state index contributed by atoms with van der Waals surface area (Å²) in [6.45, 7) is 1.00. The molecule has 0 saturated carbocycles. The molecule has 1 aliphatic rings. The largest absolute Gasteiger partial charge is 0.488 e. The van der Waals surface area contributed by atoms with E-state index in [9.17, 15) is 8.78 Å². The Morgan fingerprint density at radius 1 is 1.25 bits per heavy atom. The van der Waals surface area contributed by atoms with E-state index in [1.165, 1.54) is 12.4 Å². The summed E-state index contributed by atoms with van der Waals surface area (Å²) in [5.41, 5.74) is 0.882. The summed E-state index contributed by atoms with van der Waals surface area (Å²) in [7, 11) is 0. The number of halogens is 2. The summed E-state index contributed by atoms with van der Waals surface area (Å²) in [4.78, 5) is 16.5. The standard InChI is InChI=1S/C16H15F2N5O/c17-11-5-1-2-6-12(11)24-8-10-4-3-7-23(10)15-13-14(20-9-19-13)21-16(18)22-15/h1-2,5-6,9-10H,3-4,7-8H2,(H,19,20,21,22). The highest BCUT2D eigenvalue weighted by Crippen LogP contribution is 2.29. The van der Waals surface area contributed by atoms with Gasteiger partial charge in [-0.3, -0.25) is 0 Å². The van der Waals surface area contributed by atoms with Gasteiger partial charge in [-0.1, -0.05) is 12.1 Å². The molecule has 1 saturated heterocycles. The number of para-hydroxylation sites is 1. The van der Waals surface area contributed by atoms with Crippen LogP contribution in [0.5, 0.6) is 5.75 Å². The lowest BCUT2D eigenvalue weighted by atomic mass is 10.2. The first-order chi connectivity index (χ1) is 11.7. The minimum absolute atomic E-state index is 0.0289. The first-order valence-corrected chi connectivity index (χ1v) is 7.73. The lowest BCUT2D eigenvalue weighted by Gasteiger charge is -2.25. The molecule has 1 N–H and O–H groups in total. The maximum absolute atomic E-state index is 13.7. The third kappa shape index (κ3) is 2.64. The number of ether oxygens (including phenoxy) is 1. The summed E-state index contributed by atoms with van der Waals surface area (Å²) >= 11 is 0. The average molecular weight is 331 g/mol. The Morgan fingerprint density at radius 3 is 3.00 bits per heavy atom. The molecule has 0 aliphatic carbocycles. The lowest BCUT2D eigenvalue weighted by Crippen LogP contribution is -2.35. The monoisotopic (exact) mass is 331 g/mol. The number of benzene rings is 1. The minimum atomic E-state index is -0.803. The molecule has 1 aromatic carbocycles. The SMILES string of the molecule is Fc1nc(N2CCCC2COc2ccccc2F)c2nc[nH]c2n1. The fraction of sp³-hybridized carbons (Fsp3) is 0.312. The van der Waals surface area contributed by atoms with Crippen LogP contribution in [0.2, 0.25) is 0 Å². The zero-order valence-corrected chi connectivity index (χ0v) is 12.7. The van der Waals surface area contributed by atoms with Gasteiger partial charge in [-0.2, -0.15) is 14.4 Å². The number of hydrogen-bond acceptors (Lipinski definition) is 5. The molecular weight excluding hydrogens is 316 g/mol. The van der Waals surface area contributed by atoms with Gasteiger partial charge < -0.3 is 14.6 Å². The zero-order chi connectivity index (χ0) is 16.5. The Bertz CT molecular complexity index is 869. The van der Waals surface area contributed by atoms with Crippen molar-refractivity contribution in [3.63, 3.8) is 0 Å². The predicted octanol–water partition coefficient (Wildman–Crippen LogP) is 2.68. The van der Waals surface area contributed by atoms with E-state index in [2.05, 4.69) is 19.9 Å². The first kappa shape index (κ1) is 14.8. The van der Waals surface area contributed by atoms with E-state index >= 15 is 0 Å². The summed E-state index contributed by atoms with van der Waals surface area (Å²) in [5.74, 6) is 0.256. The van der Waals surface area contributed by atoms with E-state index in [1.807, 2.05) is 4.90 Å². The molecule has 8 heteroatoms. The van der Waals surface area contributed by atoms with Crippen molar-refractivity contribution in [1.82, 2.24) is 19.9 Å². The molecule has 0 spiro atoms. The summed E-state index contributed by atoms with van der Waals surface area (Å²) in [6.07, 6.45) is 2.43. The lowest BCUT2D eigenvalue weighted by molar-refractivity contribution is 0.275. The van der Waals surface area contributed by atoms with Crippen molar-refractivity contribution in [3.05, 3.63) is 42.5 Å². The molecule has 0 radical (unpaired) electrons. The van der Waals surface area contributed by atoms with Crippen LogP contribution in [-0.4, -0.2) is 39.1 Å². The van der Waals surface area contributed by atoms with Crippen molar-refractivity contribution >= 4 is 17.0 Å². The van der Waals surface area contributed by atoms with Gasteiger partial charge in [0.15, 0.2) is 28.5 Å². The van der Waals surface area contributed by atoms with Crippen molar-refractivity contribution in [2.24, 2.45) is 0 Å². The molecule has 1 unspecified atom stereocenters. The van der Waals surface area contributed by atoms with E-state index in [-0.39, 0.29) is 11.8 Å². The highest BCUT2D eigenvalue weighted by Gasteiger charge is 2.29. The molecule has 1 atom stereocenters. The number of rotatable bonds is 4. The topological polar surface area (TPSA) is 66.9 Å². The highest BCUT2D eigenvalue weighted by molar-refractivity contribution is 5.83. The fourth-order valence-electron chi connectivity index (χ4n) is 3.03. The van der Waals surface area contributed by atoms with Crippen LogP contribution in [0, 0.1) is 11.9 Å². The van der Waals surface area contributed by atoms with Gasteiger partial charge in [-0.25, -0.2) is 9.37 Å². The van der Waals surface area contributed by atoms with Crippen molar-refractivity contribution in [2.45, 2.75) is 18.9 Å². The number of imidazole rings is 1. The molecular formula is C16H15F2N5O. The van der Waals surface area contributed by atoms with Crippen molar-refractivity contribution in [1.29, 1.82) is 0 Å². The minimum Gasteiger partial charge on any atom is -0.488 e. The molecule has 4 rings (SSSR count). The molecule has 2 aromatic heterocycles. The normalized spacial score (nSPS) is 17.6. The van der Waals surface area contributed by atoms with Crippen LogP contribution < -0.4 is 9.64 Å². The molecule has 24 heavy (non-hydrogen) atoms. The maximum Gasteiger partial charge on any atom is 0.312 e. The molecule has 124 valence electrons. The Kier molecular flexibility index (Phi) is 3.72. The molecule has 1 aliphatic heterocycles. The van der Waals surface area contributed by atoms with Crippen LogP contribution in [0.25, 0.3) is 11.2 Å². The number of nitrogens with zero attached hydrogens (tertiary/aromatic N) is 4. The van der Waals surface area contributed by atoms with Gasteiger partial charge in [0.25, 0.3) is 0 Å². The second-order valence-electron chi connectivity index (χ2n) is 5.65. The summed E-state index contributed by atoms with van der Waals surface area (Å²) in [6, 6.07) is 6.25. The van der Waals surface area contributed by atoms with Crippen LogP contribution >= 0.6 is 0 Å². The number of aromatic nitrogens is 4. The second kappa shape index (κ2) is 6.03. The van der Waals surface area contributed by atoms with Crippen LogP contribution in [0.15, 0.2) is 30.6 Å². The Labute approximate surface area is 136 Å². The van der Waals surface area contributed by atoms with Crippen LogP contribution in [0.3, 0.4) is 0 Å². The molecule has 3 aromatic rings. The van der Waals surface area contributed by atoms with Gasteiger partial charge in [0, 0.05) is 6.54 Å². The fourth-order valence-corrected chi connectivity index (χ4v) is 3.03. The molecule has 1 fully saturated rings. The second-order valence-corrected chi connectivity index (χ2v) is 5.65. The third-order valence-electron chi connectivity index (χ3n) is 4.15. The zero-order valence-electron chi connectivity index (χ0n) is 12.7. The van der Waals surface area contributed by atoms with Crippen molar-refractivity contribution in [2.75, 3.05) is 18.1 Å². The van der Waals surface area contributed by atoms with Crippen LogP contribution in [-0.2, 0) is 0 Å². The Hall–Kier alpha value is -2.77. The van der Waals surface area contributed by atoms with Gasteiger partial charge in [-0.15, -0.1) is 0 Å². The maximum atomic E-state index is 13.7. The van der Waals surface area contributed by atoms with Crippen molar-refractivity contribution < 1.29 is 13.5 Å². The van der Waals surface area contributed by atoms with Crippen LogP contribution in [0.4, 0.5) is 14.6 Å². The Balaban J connectivity index is 1.58. The molecule has 0 amide bonds. The van der Waals surface area contributed by atoms with Gasteiger partial charge in [0.2, 0.25) is 0 Å². The average Bonchev–Trinajstić information content (AvgIpc) is 3.22. The Morgan fingerprint density at radius 2 is 2.12 bits per heavy atom. The predicted molar refractivity (Wildman–Crippen MR) is 83.9 cm³/mol. The first-order valence-electron chi connectivity index (χ1n) is 7.73. The van der Waals surface area contributed by atoms with E-state index in [0.717, 1.165) is 12.8 Å². The number of anilines is 1. The van der Waals surface area contributed by atoms with Gasteiger partial charge in [-0.05, 0) is 25.0 Å². The smallest absolute Gasteiger partial charge is 0.312 e. The highest BCUT2D eigenvalue weighted by atomic mass is 19.1. The number of hydrogen-bond donors (Lipinski definition) is 1. The van der Waals surface area contributed by atoms with E-state index < -0.39 is 11.9 Å². The van der Waals surface area contributed by atoms with Crippen LogP contribution in [0.1, 0.15) is 12.8 Å². The van der Waals surface area contributed by atoms with Gasteiger partial charge in [0.05, 0.1) is 12.4 Å². The number of nitrogens with one attached hydrogen (secondary N) is 1. The van der Waals surface area contributed by atoms with E-state index in [0.29, 0.717) is 30.1 Å². The summed E-state index contributed by atoms with van der Waals surface area (Å²) < 4.78 is 33.0. The number of aromatic amines is 1. The van der Waals surface area contributed by atoms with Gasteiger partial charge in [0.1, 0.15) is 6.61 Å². The quantitative estimate of drug-likeness (QED) is 0.745. The number of H-pyrrole nitrogens is 1. The molecule has 0 bridgehead atoms. The number of fused-ring (bicyclic) bond motifs is 1. The van der Waals surface area contributed by atoms with Gasteiger partial charge >= 0.3 is 6.08 Å². The summed E-state index contributed by atoms with van der Waals surface area (Å²) in [5, 5.41) is 0. The molecule has 3 heterocycles. The molecule has 6 nitrogen and oxygen atoms in total. The van der Waals surface area contributed by atoms with Crippen molar-refractivity contribution in [3.8, 4) is 5.75 Å².